The zero-order valence-corrected chi connectivity index (χ0v) is 24.5. The molecule has 0 amide bonds. The molecule has 0 radical (unpaired) electrons. The van der Waals surface area contributed by atoms with E-state index in [9.17, 15) is 29.1 Å². The van der Waals surface area contributed by atoms with Crippen molar-refractivity contribution < 1.29 is 57.5 Å². The first-order chi connectivity index (χ1) is 18.9. The molecule has 3 heterocycles. The van der Waals surface area contributed by atoms with Crippen LogP contribution in [-0.2, 0) is 52.4 Å². The first-order valence-electron chi connectivity index (χ1n) is 13.2. The third-order valence-electron chi connectivity index (χ3n) is 8.80. The van der Waals surface area contributed by atoms with Crippen LogP contribution in [0.2, 0.25) is 0 Å². The minimum Gasteiger partial charge on any atom is -0.462 e. The highest BCUT2D eigenvalue weighted by Gasteiger charge is 2.77. The van der Waals surface area contributed by atoms with E-state index in [0.717, 1.165) is 20.8 Å². The van der Waals surface area contributed by atoms with Crippen LogP contribution in [0.4, 0.5) is 0 Å². The van der Waals surface area contributed by atoms with Gasteiger partial charge in [-0.2, -0.15) is 0 Å². The summed E-state index contributed by atoms with van der Waals surface area (Å²) in [4.78, 5) is 62.9. The van der Waals surface area contributed by atoms with Gasteiger partial charge in [0.2, 0.25) is 0 Å². The number of fused-ring (bicyclic) bond motifs is 2. The third-order valence-corrected chi connectivity index (χ3v) is 9.30. The maximum absolute atomic E-state index is 13.1. The molecule has 226 valence electrons. The number of aliphatic hydroxyl groups is 1. The summed E-state index contributed by atoms with van der Waals surface area (Å²) in [7, 11) is 0. The summed E-state index contributed by atoms with van der Waals surface area (Å²) >= 11 is 6.78. The molecule has 1 spiro atoms. The van der Waals surface area contributed by atoms with Crippen LogP contribution in [0.15, 0.2) is 24.3 Å². The Hall–Kier alpha value is -2.96. The second-order valence-electron chi connectivity index (χ2n) is 11.5. The molecule has 1 N–H and O–H groups in total. The van der Waals surface area contributed by atoms with E-state index in [1.165, 1.54) is 13.8 Å². The highest BCUT2D eigenvalue weighted by atomic mass is 35.5. The van der Waals surface area contributed by atoms with Gasteiger partial charge in [0.1, 0.15) is 24.4 Å². The van der Waals surface area contributed by atoms with Crippen LogP contribution < -0.4 is 0 Å². The van der Waals surface area contributed by atoms with Gasteiger partial charge in [0.25, 0.3) is 0 Å². The molecule has 13 heteroatoms. The molecular formula is C28H35ClO12. The largest absolute Gasteiger partial charge is 0.462 e. The molecule has 4 aliphatic rings. The van der Waals surface area contributed by atoms with Crippen molar-refractivity contribution in [3.63, 3.8) is 0 Å². The van der Waals surface area contributed by atoms with Crippen LogP contribution in [0.3, 0.4) is 0 Å². The fourth-order valence-electron chi connectivity index (χ4n) is 7.15. The predicted octanol–water partition coefficient (Wildman–Crippen LogP) is 1.88. The van der Waals surface area contributed by atoms with Crippen LogP contribution in [0.25, 0.3) is 0 Å². The lowest BCUT2D eigenvalue weighted by molar-refractivity contribution is -0.347. The van der Waals surface area contributed by atoms with E-state index in [-0.39, 0.29) is 12.0 Å². The number of alkyl halides is 1. The summed E-state index contributed by atoms with van der Waals surface area (Å²) < 4.78 is 35.2. The maximum Gasteiger partial charge on any atom is 0.312 e. The van der Waals surface area contributed by atoms with Gasteiger partial charge in [-0.15, -0.1) is 11.6 Å². The summed E-state index contributed by atoms with van der Waals surface area (Å²) in [5.74, 6) is -8.19. The predicted molar refractivity (Wildman–Crippen MR) is 139 cm³/mol. The SMILES string of the molecule is C=C1C[C@H](OC(C)=O)[C@H](OC(C)=O)[C@]2(C)[C@@H](OC(C)=O)C[C@]3(O)O[C@@]4([C@@H](C)C(=O)O[C@H]4[C@@H](Cl)C3=C)[C@@H](OC(C)=O)[C@@H]12. The second kappa shape index (κ2) is 10.4. The van der Waals surface area contributed by atoms with Crippen LogP contribution in [0, 0.1) is 17.3 Å². The number of hydrogen-bond acceptors (Lipinski definition) is 12. The van der Waals surface area contributed by atoms with E-state index in [1.807, 2.05) is 0 Å². The second-order valence-corrected chi connectivity index (χ2v) is 11.9. The fraction of sp³-hybridized carbons (Fsp3) is 0.679. The van der Waals surface area contributed by atoms with Crippen molar-refractivity contribution in [1.82, 2.24) is 0 Å². The van der Waals surface area contributed by atoms with E-state index < -0.39 is 101 Å². The lowest BCUT2D eigenvalue weighted by Crippen LogP contribution is -2.76. The van der Waals surface area contributed by atoms with E-state index in [4.69, 9.17) is 40.0 Å². The average Bonchev–Trinajstić information content (AvgIpc) is 3.08. The zero-order chi connectivity index (χ0) is 30.8. The smallest absolute Gasteiger partial charge is 0.312 e. The number of halogens is 1. The first kappa shape index (κ1) is 31.0. The topological polar surface area (TPSA) is 161 Å². The van der Waals surface area contributed by atoms with E-state index in [0.29, 0.717) is 5.57 Å². The van der Waals surface area contributed by atoms with Gasteiger partial charge in [0, 0.05) is 52.0 Å². The molecule has 0 unspecified atom stereocenters. The molecule has 11 atom stereocenters. The third kappa shape index (κ3) is 4.73. The van der Waals surface area contributed by atoms with Crippen LogP contribution in [-0.4, -0.2) is 82.2 Å². The Bertz CT molecular complexity index is 1210. The standard InChI is InChI=1S/C28H35ClO12/c1-11-9-18(36-14(4)30)22(38-16(6)32)26(8)19(37-15(5)31)10-27(35)12(2)21(29)24-28(41-27,13(3)25(34)40-24)23(20(11)26)39-17(7)33/h13,18-24,35H,1-2,9-10H2,3-8H3/t13-,18-,19-,20+,21-,22-,23-,24-,26+,27-,28-/m0/s1. The highest BCUT2D eigenvalue weighted by Crippen LogP contribution is 2.62. The molecule has 3 aliphatic heterocycles. The van der Waals surface area contributed by atoms with E-state index >= 15 is 0 Å². The molecular weight excluding hydrogens is 564 g/mol. The highest BCUT2D eigenvalue weighted by molar-refractivity contribution is 6.23. The summed E-state index contributed by atoms with van der Waals surface area (Å²) in [6, 6.07) is 0. The van der Waals surface area contributed by atoms with E-state index in [2.05, 4.69) is 13.2 Å². The average molecular weight is 599 g/mol. The van der Waals surface area contributed by atoms with Crippen molar-refractivity contribution in [1.29, 1.82) is 0 Å². The Morgan fingerprint density at radius 1 is 0.951 bits per heavy atom. The minimum absolute atomic E-state index is 0.0481. The number of carbonyl (C=O) groups excluding carboxylic acids is 5. The number of rotatable bonds is 4. The lowest BCUT2D eigenvalue weighted by Gasteiger charge is -2.62. The quantitative estimate of drug-likeness (QED) is 0.217. The fourth-order valence-corrected chi connectivity index (χ4v) is 7.57. The van der Waals surface area contributed by atoms with Crippen LogP contribution in [0.1, 0.15) is 54.4 Å². The van der Waals surface area contributed by atoms with Gasteiger partial charge < -0.3 is 33.5 Å². The zero-order valence-electron chi connectivity index (χ0n) is 23.8. The minimum atomic E-state index is -2.34. The van der Waals surface area contributed by atoms with Crippen molar-refractivity contribution in [3.8, 4) is 0 Å². The molecule has 2 bridgehead atoms. The normalized spacial score (nSPS) is 43.4. The van der Waals surface area contributed by atoms with Gasteiger partial charge in [-0.25, -0.2) is 0 Å². The molecule has 4 fully saturated rings. The number of hydrogen-bond donors (Lipinski definition) is 1. The van der Waals surface area contributed by atoms with Gasteiger partial charge in [-0.1, -0.05) is 25.7 Å². The monoisotopic (exact) mass is 598 g/mol. The Labute approximate surface area is 242 Å². The van der Waals surface area contributed by atoms with Gasteiger partial charge in [0.05, 0.1) is 16.7 Å². The maximum atomic E-state index is 13.1. The number of esters is 5. The van der Waals surface area contributed by atoms with Crippen molar-refractivity contribution >= 4 is 41.4 Å². The Kier molecular flexibility index (Phi) is 7.85. The molecule has 1 saturated carbocycles. The van der Waals surface area contributed by atoms with Crippen molar-refractivity contribution in [2.45, 2.75) is 102 Å². The van der Waals surface area contributed by atoms with Gasteiger partial charge >= 0.3 is 29.8 Å². The number of ether oxygens (including phenoxy) is 6. The Morgan fingerprint density at radius 3 is 2.02 bits per heavy atom. The van der Waals surface area contributed by atoms with E-state index in [1.54, 1.807) is 6.92 Å². The first-order valence-corrected chi connectivity index (χ1v) is 13.7. The van der Waals surface area contributed by atoms with Gasteiger partial charge in [0.15, 0.2) is 17.5 Å². The van der Waals surface area contributed by atoms with Crippen molar-refractivity contribution in [3.05, 3.63) is 24.3 Å². The molecule has 0 aromatic heterocycles. The summed E-state index contributed by atoms with van der Waals surface area (Å²) in [5.41, 5.74) is -3.20. The summed E-state index contributed by atoms with van der Waals surface area (Å²) in [6.07, 6.45) is -6.96. The van der Waals surface area contributed by atoms with Crippen LogP contribution in [0.5, 0.6) is 0 Å². The van der Waals surface area contributed by atoms with Crippen molar-refractivity contribution in [2.75, 3.05) is 0 Å². The Morgan fingerprint density at radius 2 is 1.49 bits per heavy atom. The molecule has 41 heavy (non-hydrogen) atoms. The van der Waals surface area contributed by atoms with Gasteiger partial charge in [-0.05, 0) is 6.92 Å². The molecule has 12 nitrogen and oxygen atoms in total. The summed E-state index contributed by atoms with van der Waals surface area (Å²) in [6.45, 7) is 15.9. The summed E-state index contributed by atoms with van der Waals surface area (Å²) in [5, 5.41) is 10.9. The molecule has 4 rings (SSSR count). The molecule has 3 saturated heterocycles. The van der Waals surface area contributed by atoms with Crippen LogP contribution >= 0.6 is 11.6 Å². The van der Waals surface area contributed by atoms with Crippen molar-refractivity contribution in [2.24, 2.45) is 17.3 Å². The molecule has 0 aromatic rings. The molecule has 0 aromatic carbocycles. The Balaban J connectivity index is 2.09. The molecule has 1 aliphatic carbocycles. The lowest BCUT2D eigenvalue weighted by atomic mass is 9.52. The number of carbonyl (C=O) groups is 5. The van der Waals surface area contributed by atoms with Gasteiger partial charge in [-0.3, -0.25) is 24.0 Å².